The number of hydrogen-bond acceptors (Lipinski definition) is 6. The predicted molar refractivity (Wildman–Crippen MR) is 148 cm³/mol. The second-order valence-electron chi connectivity index (χ2n) is 9.59. The Morgan fingerprint density at radius 1 is 1.05 bits per heavy atom. The summed E-state index contributed by atoms with van der Waals surface area (Å²) in [6.07, 6.45) is 2.29. The molecule has 1 atom stereocenters. The van der Waals surface area contributed by atoms with Crippen LogP contribution < -0.4 is 10.2 Å². The van der Waals surface area contributed by atoms with Gasteiger partial charge < -0.3 is 15.0 Å². The van der Waals surface area contributed by atoms with E-state index in [0.29, 0.717) is 28.3 Å². The molecular formula is C30H32N4O4. The maximum absolute atomic E-state index is 13.9. The molecule has 0 radical (unpaired) electrons. The van der Waals surface area contributed by atoms with Crippen molar-refractivity contribution in [3.8, 4) is 0 Å². The number of para-hydroxylation sites is 1. The molecule has 2 aromatic carbocycles. The van der Waals surface area contributed by atoms with Crippen LogP contribution in [-0.4, -0.2) is 53.6 Å². The van der Waals surface area contributed by atoms with E-state index in [9.17, 15) is 14.4 Å². The van der Waals surface area contributed by atoms with Gasteiger partial charge in [0.2, 0.25) is 5.91 Å². The van der Waals surface area contributed by atoms with Crippen molar-refractivity contribution in [1.29, 1.82) is 0 Å². The van der Waals surface area contributed by atoms with Crippen LogP contribution in [0.5, 0.6) is 0 Å². The first kappa shape index (κ1) is 26.9. The third-order valence-corrected chi connectivity index (χ3v) is 6.67. The number of aryl methyl sites for hydroxylation is 1. The van der Waals surface area contributed by atoms with Crippen molar-refractivity contribution in [2.75, 3.05) is 23.9 Å². The van der Waals surface area contributed by atoms with Crippen molar-refractivity contribution < 1.29 is 19.1 Å². The fourth-order valence-corrected chi connectivity index (χ4v) is 4.20. The smallest absolute Gasteiger partial charge is 0.252 e. The number of ketones is 1. The van der Waals surface area contributed by atoms with E-state index in [1.807, 2.05) is 55.5 Å². The third-order valence-electron chi connectivity index (χ3n) is 6.67. The van der Waals surface area contributed by atoms with Crippen molar-refractivity contribution >= 4 is 34.7 Å². The number of methoxy groups -OCH3 is 1. The highest BCUT2D eigenvalue weighted by atomic mass is 16.5. The lowest BCUT2D eigenvalue weighted by Gasteiger charge is -2.28. The molecule has 3 aromatic rings. The molecule has 2 amide bonds. The number of fused-ring (bicyclic) bond motifs is 1. The fourth-order valence-electron chi connectivity index (χ4n) is 4.20. The molecule has 4 rings (SSSR count). The Bertz CT molecular complexity index is 1370. The Kier molecular flexibility index (Phi) is 8.12. The van der Waals surface area contributed by atoms with Gasteiger partial charge in [-0.25, -0.2) is 0 Å². The Balaban J connectivity index is 1.74. The van der Waals surface area contributed by atoms with E-state index in [0.717, 1.165) is 12.0 Å². The van der Waals surface area contributed by atoms with Crippen LogP contribution >= 0.6 is 0 Å². The minimum atomic E-state index is -1.09. The molecule has 2 heterocycles. The number of rotatable bonds is 9. The first-order chi connectivity index (χ1) is 18.2. The van der Waals surface area contributed by atoms with Crippen LogP contribution in [0.3, 0.4) is 0 Å². The number of Topliss-reactive ketones (excluding diaryl/α,β-unsaturated/α-hetero) is 1. The molecule has 1 N–H and O–H groups in total. The summed E-state index contributed by atoms with van der Waals surface area (Å²) in [5, 5.41) is 2.89. The van der Waals surface area contributed by atoms with Gasteiger partial charge in [0, 0.05) is 24.6 Å². The summed E-state index contributed by atoms with van der Waals surface area (Å²) >= 11 is 0. The van der Waals surface area contributed by atoms with E-state index in [-0.39, 0.29) is 24.7 Å². The third kappa shape index (κ3) is 5.86. The zero-order valence-electron chi connectivity index (χ0n) is 22.1. The number of aliphatic imine (C=N–C) groups is 1. The molecular weight excluding hydrogens is 480 g/mol. The molecule has 0 saturated heterocycles. The number of amides is 2. The molecule has 1 aliphatic heterocycles. The summed E-state index contributed by atoms with van der Waals surface area (Å²) in [4.78, 5) is 50.9. The van der Waals surface area contributed by atoms with Gasteiger partial charge in [-0.15, -0.1) is 0 Å². The van der Waals surface area contributed by atoms with Crippen LogP contribution in [0.2, 0.25) is 0 Å². The van der Waals surface area contributed by atoms with Crippen molar-refractivity contribution in [2.45, 2.75) is 45.3 Å². The predicted octanol–water partition coefficient (Wildman–Crippen LogP) is 4.22. The van der Waals surface area contributed by atoms with E-state index in [2.05, 4.69) is 10.3 Å². The van der Waals surface area contributed by atoms with Gasteiger partial charge in [0.15, 0.2) is 5.78 Å². The molecule has 1 aliphatic rings. The number of hydrogen-bond donors (Lipinski definition) is 1. The molecule has 0 saturated carbocycles. The summed E-state index contributed by atoms with van der Waals surface area (Å²) in [6, 6.07) is 19.2. The summed E-state index contributed by atoms with van der Waals surface area (Å²) in [5.74, 6) is -1.07. The van der Waals surface area contributed by atoms with E-state index in [1.54, 1.807) is 38.2 Å². The second kappa shape index (κ2) is 11.5. The van der Waals surface area contributed by atoms with Gasteiger partial charge in [0.05, 0.1) is 30.1 Å². The highest BCUT2D eigenvalue weighted by Gasteiger charge is 2.37. The monoisotopic (exact) mass is 512 g/mol. The maximum atomic E-state index is 13.9. The number of pyridine rings is 1. The van der Waals surface area contributed by atoms with E-state index < -0.39 is 17.6 Å². The molecule has 38 heavy (non-hydrogen) atoms. The highest BCUT2D eigenvalue weighted by molar-refractivity contribution is 6.20. The number of nitrogens with one attached hydrogen (secondary N) is 1. The summed E-state index contributed by atoms with van der Waals surface area (Å²) in [7, 11) is 1.46. The second-order valence-corrected chi connectivity index (χ2v) is 9.59. The lowest BCUT2D eigenvalue weighted by Crippen LogP contribution is -2.47. The minimum absolute atomic E-state index is 0.197. The molecule has 8 heteroatoms. The van der Waals surface area contributed by atoms with Gasteiger partial charge in [0.1, 0.15) is 11.6 Å². The average molecular weight is 513 g/mol. The molecule has 0 fully saturated rings. The zero-order chi connectivity index (χ0) is 27.3. The summed E-state index contributed by atoms with van der Waals surface area (Å²) < 4.78 is 5.37. The molecule has 1 aromatic heterocycles. The highest BCUT2D eigenvalue weighted by Crippen LogP contribution is 2.30. The molecule has 0 bridgehead atoms. The molecule has 196 valence electrons. The molecule has 1 unspecified atom stereocenters. The topological polar surface area (TPSA) is 101 Å². The maximum Gasteiger partial charge on any atom is 0.252 e. The van der Waals surface area contributed by atoms with Crippen LogP contribution in [0.4, 0.5) is 11.4 Å². The van der Waals surface area contributed by atoms with Crippen molar-refractivity contribution in [3.63, 3.8) is 0 Å². The molecule has 0 aliphatic carbocycles. The van der Waals surface area contributed by atoms with Crippen molar-refractivity contribution in [1.82, 2.24) is 4.98 Å². The van der Waals surface area contributed by atoms with Crippen LogP contribution in [0.25, 0.3) is 0 Å². The largest absolute Gasteiger partial charge is 0.371 e. The van der Waals surface area contributed by atoms with E-state index in [4.69, 9.17) is 9.73 Å². The Morgan fingerprint density at radius 2 is 1.82 bits per heavy atom. The number of ether oxygens (including phenoxy) is 1. The quantitative estimate of drug-likeness (QED) is 0.463. The number of benzene rings is 2. The SMILES string of the molecule is CCc1cccc(NC(=O)CC2N=C(c3ccccn3)c3ccccc3N(CC(=O)C(C)(C)OC)C2=O)c1. The zero-order valence-corrected chi connectivity index (χ0v) is 22.1. The summed E-state index contributed by atoms with van der Waals surface area (Å²) in [5.41, 5.74) is 2.89. The minimum Gasteiger partial charge on any atom is -0.371 e. The average Bonchev–Trinajstić information content (AvgIpc) is 3.04. The van der Waals surface area contributed by atoms with Crippen LogP contribution in [0, 0.1) is 0 Å². The lowest BCUT2D eigenvalue weighted by atomic mass is 10.0. The first-order valence-electron chi connectivity index (χ1n) is 12.6. The van der Waals surface area contributed by atoms with Crippen molar-refractivity contribution in [3.05, 3.63) is 89.7 Å². The van der Waals surface area contributed by atoms with Crippen LogP contribution in [-0.2, 0) is 25.5 Å². The Morgan fingerprint density at radius 3 is 2.53 bits per heavy atom. The van der Waals surface area contributed by atoms with Crippen molar-refractivity contribution in [2.24, 2.45) is 4.99 Å². The van der Waals surface area contributed by atoms with Crippen LogP contribution in [0.15, 0.2) is 77.9 Å². The van der Waals surface area contributed by atoms with Gasteiger partial charge in [-0.3, -0.25) is 24.4 Å². The van der Waals surface area contributed by atoms with Crippen LogP contribution in [0.1, 0.15) is 44.0 Å². The number of benzodiazepines with no additional fused rings is 1. The fraction of sp³-hybridized carbons (Fsp3) is 0.300. The van der Waals surface area contributed by atoms with Gasteiger partial charge >= 0.3 is 0 Å². The molecule has 0 spiro atoms. The number of carbonyl (C=O) groups is 3. The Hall–Kier alpha value is -4.17. The standard InChI is InChI=1S/C30H32N4O4/c1-5-20-11-10-12-21(17-20)32-27(36)18-24-29(37)34(19-26(35)30(2,3)38-4)25-15-7-6-13-22(25)28(33-24)23-14-8-9-16-31-23/h6-17,24H,5,18-19H2,1-4H3,(H,32,36). The number of nitrogens with zero attached hydrogens (tertiary/aromatic N) is 3. The first-order valence-corrected chi connectivity index (χ1v) is 12.6. The lowest BCUT2D eigenvalue weighted by molar-refractivity contribution is -0.136. The normalized spacial score (nSPS) is 15.4. The summed E-state index contributed by atoms with van der Waals surface area (Å²) in [6.45, 7) is 5.14. The number of carbonyl (C=O) groups excluding carboxylic acids is 3. The van der Waals surface area contributed by atoms with E-state index >= 15 is 0 Å². The number of aromatic nitrogens is 1. The van der Waals surface area contributed by atoms with Gasteiger partial charge in [-0.1, -0.05) is 43.3 Å². The van der Waals surface area contributed by atoms with Gasteiger partial charge in [-0.2, -0.15) is 0 Å². The Labute approximate surface area is 222 Å². The van der Waals surface area contributed by atoms with E-state index in [1.165, 1.54) is 12.0 Å². The van der Waals surface area contributed by atoms with Gasteiger partial charge in [0.25, 0.3) is 5.91 Å². The molecule has 8 nitrogen and oxygen atoms in total. The number of anilines is 2. The van der Waals surface area contributed by atoms with Gasteiger partial charge in [-0.05, 0) is 56.2 Å².